The molecule has 0 aliphatic heterocycles. The maximum absolute atomic E-state index is 11.8. The van der Waals surface area contributed by atoms with Crippen molar-refractivity contribution in [1.29, 1.82) is 0 Å². The molecule has 6 nitrogen and oxygen atoms in total. The van der Waals surface area contributed by atoms with Gasteiger partial charge in [-0.2, -0.15) is 0 Å². The minimum Gasteiger partial charge on any atom is -0.508 e. The summed E-state index contributed by atoms with van der Waals surface area (Å²) in [4.78, 5) is 23.3. The van der Waals surface area contributed by atoms with E-state index < -0.39 is 0 Å². The lowest BCUT2D eigenvalue weighted by Gasteiger charge is -2.50. The van der Waals surface area contributed by atoms with E-state index in [1.165, 1.54) is 67.7 Å². The van der Waals surface area contributed by atoms with Gasteiger partial charge in [-0.15, -0.1) is 0 Å². The number of rotatable bonds is 3. The molecule has 4 saturated carbocycles. The van der Waals surface area contributed by atoms with Gasteiger partial charge in [0.15, 0.2) is 0 Å². The number of phenols is 2. The molecule has 6 aliphatic rings. The first-order valence-electron chi connectivity index (χ1n) is 18.5. The largest absolute Gasteiger partial charge is 0.508 e. The van der Waals surface area contributed by atoms with Crippen LogP contribution in [0.25, 0.3) is 0 Å². The van der Waals surface area contributed by atoms with Crippen molar-refractivity contribution in [3.05, 3.63) is 58.7 Å². The second-order valence-corrected chi connectivity index (χ2v) is 16.3. The van der Waals surface area contributed by atoms with Gasteiger partial charge in [0.05, 0.1) is 0 Å². The highest BCUT2D eigenvalue weighted by Gasteiger charge is 2.57. The Morgan fingerprint density at radius 2 is 1.17 bits per heavy atom. The first-order chi connectivity index (χ1) is 22.5. The predicted molar refractivity (Wildman–Crippen MR) is 181 cm³/mol. The van der Waals surface area contributed by atoms with E-state index in [9.17, 15) is 19.8 Å². The van der Waals surface area contributed by atoms with Gasteiger partial charge in [-0.3, -0.25) is 9.59 Å². The van der Waals surface area contributed by atoms with Gasteiger partial charge < -0.3 is 19.7 Å². The minimum absolute atomic E-state index is 0.0477. The van der Waals surface area contributed by atoms with E-state index in [4.69, 9.17) is 9.47 Å². The lowest BCUT2D eigenvalue weighted by atomic mass is 9.55. The first kappa shape index (κ1) is 32.5. The van der Waals surface area contributed by atoms with E-state index in [-0.39, 0.29) is 35.0 Å². The third kappa shape index (κ3) is 5.65. The molecule has 0 aromatic heterocycles. The normalized spacial score (nSPS) is 37.8. The van der Waals surface area contributed by atoms with Gasteiger partial charge in [-0.05, 0) is 159 Å². The number of benzene rings is 2. The molecule has 2 N–H and O–H groups in total. The molecule has 0 saturated heterocycles. The predicted octanol–water partition coefficient (Wildman–Crippen LogP) is 8.75. The van der Waals surface area contributed by atoms with Crippen LogP contribution in [-0.4, -0.2) is 34.4 Å². The second-order valence-electron chi connectivity index (χ2n) is 16.3. The number of carbonyl (C=O) groups is 2. The van der Waals surface area contributed by atoms with Gasteiger partial charge in [0.2, 0.25) is 0 Å². The van der Waals surface area contributed by atoms with E-state index in [0.717, 1.165) is 38.5 Å². The molecule has 0 spiro atoms. The van der Waals surface area contributed by atoms with Crippen LogP contribution in [0.15, 0.2) is 36.4 Å². The summed E-state index contributed by atoms with van der Waals surface area (Å²) in [6, 6.07) is 11.9. The molecule has 0 heterocycles. The van der Waals surface area contributed by atoms with Crippen LogP contribution in [0.5, 0.6) is 11.5 Å². The molecule has 254 valence electrons. The second kappa shape index (κ2) is 12.5. The highest BCUT2D eigenvalue weighted by molar-refractivity contribution is 5.69. The van der Waals surface area contributed by atoms with Gasteiger partial charge >= 0.3 is 11.9 Å². The molecule has 10 unspecified atom stereocenters. The molecule has 47 heavy (non-hydrogen) atoms. The monoisotopic (exact) mass is 642 g/mol. The molecule has 6 heteroatoms. The Morgan fingerprint density at radius 1 is 0.702 bits per heavy atom. The molecule has 8 rings (SSSR count). The van der Waals surface area contributed by atoms with Crippen LogP contribution < -0.4 is 0 Å². The average molecular weight is 643 g/mol. The number of phenolic OH excluding ortho intramolecular Hbond substituents is 2. The van der Waals surface area contributed by atoms with Crippen molar-refractivity contribution in [3.63, 3.8) is 0 Å². The molecule has 4 fully saturated rings. The van der Waals surface area contributed by atoms with Crippen molar-refractivity contribution in [2.45, 2.75) is 135 Å². The Morgan fingerprint density at radius 3 is 1.62 bits per heavy atom. The maximum Gasteiger partial charge on any atom is 0.305 e. The topological polar surface area (TPSA) is 93.1 Å². The summed E-state index contributed by atoms with van der Waals surface area (Å²) in [5, 5.41) is 19.5. The lowest BCUT2D eigenvalue weighted by molar-refractivity contribution is -0.157. The third-order valence-electron chi connectivity index (χ3n) is 14.1. The zero-order valence-electron chi connectivity index (χ0n) is 28.8. The summed E-state index contributed by atoms with van der Waals surface area (Å²) >= 11 is 0. The van der Waals surface area contributed by atoms with E-state index in [1.807, 2.05) is 31.2 Å². The molecule has 0 radical (unpaired) electrons. The summed E-state index contributed by atoms with van der Waals surface area (Å²) in [5.41, 5.74) is 5.90. The minimum atomic E-state index is -0.136. The number of hydrogen-bond acceptors (Lipinski definition) is 6. The molecular formula is C41H54O6. The van der Waals surface area contributed by atoms with Crippen molar-refractivity contribution in [3.8, 4) is 11.5 Å². The van der Waals surface area contributed by atoms with Gasteiger partial charge in [-0.25, -0.2) is 0 Å². The zero-order chi connectivity index (χ0) is 33.1. The van der Waals surface area contributed by atoms with E-state index in [2.05, 4.69) is 26.0 Å². The Kier molecular flexibility index (Phi) is 8.62. The van der Waals surface area contributed by atoms with Crippen LogP contribution in [0, 0.1) is 34.5 Å². The fourth-order valence-corrected chi connectivity index (χ4v) is 11.9. The van der Waals surface area contributed by atoms with Crippen molar-refractivity contribution in [2.24, 2.45) is 34.5 Å². The maximum atomic E-state index is 11.8. The molecule has 6 aliphatic carbocycles. The Labute approximate surface area is 280 Å². The first-order valence-corrected chi connectivity index (χ1v) is 18.5. The average Bonchev–Trinajstić information content (AvgIpc) is 3.56. The van der Waals surface area contributed by atoms with Crippen molar-refractivity contribution < 1.29 is 29.3 Å². The number of fused-ring (bicyclic) bond motifs is 10. The lowest BCUT2D eigenvalue weighted by Crippen LogP contribution is -2.45. The number of carbonyl (C=O) groups excluding carboxylic acids is 2. The number of aryl methyl sites for hydroxylation is 2. The van der Waals surface area contributed by atoms with E-state index in [0.29, 0.717) is 53.4 Å². The van der Waals surface area contributed by atoms with Crippen LogP contribution in [0.2, 0.25) is 0 Å². The molecular weight excluding hydrogens is 588 g/mol. The molecule has 2 aromatic carbocycles. The quantitative estimate of drug-likeness (QED) is 0.325. The fourth-order valence-electron chi connectivity index (χ4n) is 11.9. The standard InChI is InChI=1S/C21H28O3.C20H26O3/c1-3-20(23)24-19-9-8-18-17-6-4-13-12-14(22)5-7-15(13)16(17)10-11-21(18,19)2;1-12(21)23-19-8-7-18-17-5-3-13-11-14(22)4-6-15(13)16(17)9-10-20(18,19)2/h5,7,12,16-19,22H,3-4,6,8-11H2,1-2H3;4,6,11,16-19,22H,3,5,7-10H2,1-2H3. The summed E-state index contributed by atoms with van der Waals surface area (Å²) in [6.45, 7) is 8.12. The zero-order valence-corrected chi connectivity index (χ0v) is 28.8. The van der Waals surface area contributed by atoms with Gasteiger partial charge in [0, 0.05) is 24.2 Å². The smallest absolute Gasteiger partial charge is 0.305 e. The number of esters is 2. The molecule has 0 bridgehead atoms. The molecule has 2 aromatic rings. The van der Waals surface area contributed by atoms with Crippen LogP contribution in [0.4, 0.5) is 0 Å². The fraction of sp³-hybridized carbons (Fsp3) is 0.659. The highest BCUT2D eigenvalue weighted by atomic mass is 16.5. The Hall–Kier alpha value is -3.02. The Balaban J connectivity index is 0.000000150. The van der Waals surface area contributed by atoms with Crippen LogP contribution in [-0.2, 0) is 31.9 Å². The van der Waals surface area contributed by atoms with Gasteiger partial charge in [-0.1, -0.05) is 32.9 Å². The molecule has 0 amide bonds. The number of hydrogen-bond donors (Lipinski definition) is 2. The number of ether oxygens (including phenoxy) is 2. The summed E-state index contributed by atoms with van der Waals surface area (Å²) in [5.74, 6) is 4.55. The summed E-state index contributed by atoms with van der Waals surface area (Å²) in [6.07, 6.45) is 14.3. The SMILES string of the molecule is CC(=O)OC1CCC2C3CCc4cc(O)ccc4C3CCC12C.CCC(=O)OC1CCC2C3CCc4cc(O)ccc4C3CCC12C. The van der Waals surface area contributed by atoms with E-state index >= 15 is 0 Å². The van der Waals surface area contributed by atoms with Crippen LogP contribution >= 0.6 is 0 Å². The van der Waals surface area contributed by atoms with Crippen LogP contribution in [0.3, 0.4) is 0 Å². The van der Waals surface area contributed by atoms with E-state index in [1.54, 1.807) is 0 Å². The van der Waals surface area contributed by atoms with Crippen molar-refractivity contribution >= 4 is 11.9 Å². The third-order valence-corrected chi connectivity index (χ3v) is 14.1. The Bertz CT molecular complexity index is 1520. The summed E-state index contributed by atoms with van der Waals surface area (Å²) < 4.78 is 11.5. The van der Waals surface area contributed by atoms with Gasteiger partial charge in [0.1, 0.15) is 23.7 Å². The van der Waals surface area contributed by atoms with Crippen LogP contribution in [0.1, 0.15) is 132 Å². The number of aromatic hydroxyl groups is 2. The summed E-state index contributed by atoms with van der Waals surface area (Å²) in [7, 11) is 0. The molecule has 10 atom stereocenters. The van der Waals surface area contributed by atoms with Crippen molar-refractivity contribution in [2.75, 3.05) is 0 Å². The van der Waals surface area contributed by atoms with Crippen molar-refractivity contribution in [1.82, 2.24) is 0 Å². The van der Waals surface area contributed by atoms with Gasteiger partial charge in [0.25, 0.3) is 0 Å². The highest BCUT2D eigenvalue weighted by Crippen LogP contribution is 2.63.